The molecular weight excluding hydrogens is 612 g/mol. The molecule has 0 spiro atoms. The van der Waals surface area contributed by atoms with E-state index in [2.05, 4.69) is 29.9 Å². The van der Waals surface area contributed by atoms with Gasteiger partial charge in [0.05, 0.1) is 38.0 Å². The fourth-order valence-corrected chi connectivity index (χ4v) is 7.21. The van der Waals surface area contributed by atoms with Gasteiger partial charge in [0.1, 0.15) is 29.9 Å². The summed E-state index contributed by atoms with van der Waals surface area (Å²) < 4.78 is 37.9. The number of anilines is 3. The van der Waals surface area contributed by atoms with Crippen LogP contribution in [0.3, 0.4) is 0 Å². The second-order valence-electron chi connectivity index (χ2n) is 10.6. The SMILES string of the molecule is CP(C)(=O)[C@@H]1CC[C@@H](Cn2cnc3c(Cl)nc(N)nc32)O1.Nc1nc(N)c2ncn(C[C@@H]3CC[C@@H](P(=O)([O-])O)O3)c2n1. The zero-order chi connectivity index (χ0) is 30.4. The van der Waals surface area contributed by atoms with E-state index in [1.807, 2.05) is 4.57 Å². The first-order valence-corrected chi connectivity index (χ1v) is 17.6. The predicted molar refractivity (Wildman–Crippen MR) is 154 cm³/mol. The van der Waals surface area contributed by atoms with E-state index in [-0.39, 0.29) is 47.3 Å². The van der Waals surface area contributed by atoms with Gasteiger partial charge in [-0.3, -0.25) is 0 Å². The molecule has 2 aliphatic heterocycles. The Labute approximate surface area is 244 Å². The van der Waals surface area contributed by atoms with Crippen LogP contribution in [-0.2, 0) is 31.7 Å². The van der Waals surface area contributed by atoms with Gasteiger partial charge in [0.25, 0.3) is 0 Å². The van der Waals surface area contributed by atoms with Crippen molar-refractivity contribution in [2.45, 2.75) is 62.7 Å². The molecule has 4 aromatic rings. The number of imidazole rings is 2. The average molecular weight is 643 g/mol. The van der Waals surface area contributed by atoms with E-state index in [4.69, 9.17) is 43.2 Å². The molecule has 0 aromatic carbocycles. The van der Waals surface area contributed by atoms with Crippen LogP contribution in [-0.4, -0.2) is 81.2 Å². The Hall–Kier alpha value is -2.91. The number of ether oxygens (including phenoxy) is 2. The van der Waals surface area contributed by atoms with Crippen molar-refractivity contribution in [1.29, 1.82) is 0 Å². The van der Waals surface area contributed by atoms with Crippen molar-refractivity contribution in [1.82, 2.24) is 39.0 Å². The van der Waals surface area contributed by atoms with Crippen molar-refractivity contribution >= 4 is 66.4 Å². The highest BCUT2D eigenvalue weighted by atomic mass is 35.5. The van der Waals surface area contributed by atoms with Crippen molar-refractivity contribution in [3.8, 4) is 0 Å². The summed E-state index contributed by atoms with van der Waals surface area (Å²) in [5.41, 5.74) is 18.9. The van der Waals surface area contributed by atoms with Crippen LogP contribution in [0, 0.1) is 0 Å². The van der Waals surface area contributed by atoms with E-state index >= 15 is 0 Å². The summed E-state index contributed by atoms with van der Waals surface area (Å²) in [7, 11) is -6.69. The van der Waals surface area contributed by atoms with E-state index in [0.717, 1.165) is 12.8 Å². The van der Waals surface area contributed by atoms with Crippen molar-refractivity contribution < 1.29 is 28.4 Å². The molecular formula is C22H31ClN11O6P2-. The lowest BCUT2D eigenvalue weighted by atomic mass is 10.2. The van der Waals surface area contributed by atoms with E-state index in [9.17, 15) is 14.0 Å². The van der Waals surface area contributed by atoms with E-state index in [0.29, 0.717) is 41.8 Å². The first-order valence-electron chi connectivity index (χ1n) is 13.0. The quantitative estimate of drug-likeness (QED) is 0.170. The zero-order valence-electron chi connectivity index (χ0n) is 22.8. The molecule has 0 amide bonds. The molecule has 7 N–H and O–H groups in total. The molecule has 2 aliphatic rings. The highest BCUT2D eigenvalue weighted by molar-refractivity contribution is 7.62. The van der Waals surface area contributed by atoms with Crippen LogP contribution < -0.4 is 22.1 Å². The lowest BCUT2D eigenvalue weighted by Crippen LogP contribution is -2.20. The number of hydrogen-bond acceptors (Lipinski definition) is 14. The van der Waals surface area contributed by atoms with Crippen molar-refractivity contribution in [2.24, 2.45) is 0 Å². The Bertz CT molecular complexity index is 1580. The Kier molecular flexibility index (Phi) is 8.47. The third-order valence-electron chi connectivity index (χ3n) is 6.98. The monoisotopic (exact) mass is 642 g/mol. The maximum Gasteiger partial charge on any atom is 0.224 e. The van der Waals surface area contributed by atoms with Crippen LogP contribution in [0.4, 0.5) is 17.7 Å². The largest absolute Gasteiger partial charge is 0.777 e. The third kappa shape index (κ3) is 6.67. The van der Waals surface area contributed by atoms with Crippen LogP contribution >= 0.6 is 26.3 Å². The van der Waals surface area contributed by atoms with Crippen molar-refractivity contribution in [2.75, 3.05) is 30.5 Å². The van der Waals surface area contributed by atoms with Crippen molar-refractivity contribution in [3.63, 3.8) is 0 Å². The zero-order valence-corrected chi connectivity index (χ0v) is 25.3. The summed E-state index contributed by atoms with van der Waals surface area (Å²) in [6.07, 6.45) is 5.25. The lowest BCUT2D eigenvalue weighted by Gasteiger charge is -2.23. The van der Waals surface area contributed by atoms with Crippen LogP contribution in [0.25, 0.3) is 22.3 Å². The molecule has 6 rings (SSSR count). The van der Waals surface area contributed by atoms with Gasteiger partial charge in [0.15, 0.2) is 29.9 Å². The molecule has 0 saturated carbocycles. The second-order valence-corrected chi connectivity index (χ2v) is 16.1. The first kappa shape index (κ1) is 30.5. The number of aromatic nitrogens is 8. The molecule has 2 saturated heterocycles. The third-order valence-corrected chi connectivity index (χ3v) is 10.1. The minimum Gasteiger partial charge on any atom is -0.777 e. The number of rotatable bonds is 6. The minimum atomic E-state index is -4.47. The molecule has 0 bridgehead atoms. The normalized spacial score (nSPS) is 24.1. The van der Waals surface area contributed by atoms with Gasteiger partial charge in [0.2, 0.25) is 11.9 Å². The standard InChI is InChI=1S/C12H17ClN5O2P.C10H15N6O4P/c1-21(2,19)8-4-3-7(20-8)5-18-6-15-9-10(13)16-12(14)17-11(9)18;11-8-7-9(15-10(12)14-8)16(4-13-7)3-5-1-2-6(20-5)21(17,18)19/h6-8H,3-5H2,1-2H3,(H2,14,16,17);4-6H,1-3H2,(H2,17,18,19)(H4,11,12,14,15)/p-1/t7-,8+;5-,6+/m00/s1. The smallest absolute Gasteiger partial charge is 0.224 e. The van der Waals surface area contributed by atoms with Crippen molar-refractivity contribution in [3.05, 3.63) is 17.8 Å². The number of nitrogens with zero attached hydrogens (tertiary/aromatic N) is 8. The first-order chi connectivity index (χ1) is 19.7. The molecule has 6 heterocycles. The number of hydrogen-bond donors (Lipinski definition) is 4. The number of halogens is 1. The molecule has 2 fully saturated rings. The van der Waals surface area contributed by atoms with Gasteiger partial charge < -0.3 is 54.7 Å². The van der Waals surface area contributed by atoms with Crippen LogP contribution in [0.2, 0.25) is 5.15 Å². The molecule has 228 valence electrons. The maximum absolute atomic E-state index is 12.1. The molecule has 5 atom stereocenters. The summed E-state index contributed by atoms with van der Waals surface area (Å²) in [6.45, 7) is 4.45. The molecule has 17 nitrogen and oxygen atoms in total. The minimum absolute atomic E-state index is 0.00408. The summed E-state index contributed by atoms with van der Waals surface area (Å²) in [5, 5.41) is 0.244. The number of fused-ring (bicyclic) bond motifs is 2. The highest BCUT2D eigenvalue weighted by Crippen LogP contribution is 2.49. The number of nitrogen functional groups attached to an aromatic ring is 3. The van der Waals surface area contributed by atoms with Gasteiger partial charge in [-0.1, -0.05) is 11.6 Å². The Morgan fingerprint density at radius 1 is 0.881 bits per heavy atom. The fourth-order valence-electron chi connectivity index (χ4n) is 4.95. The molecule has 1 unspecified atom stereocenters. The van der Waals surface area contributed by atoms with Gasteiger partial charge in [-0.25, -0.2) is 9.97 Å². The van der Waals surface area contributed by atoms with Crippen LogP contribution in [0.15, 0.2) is 12.7 Å². The Balaban J connectivity index is 0.000000168. The lowest BCUT2D eigenvalue weighted by molar-refractivity contribution is -0.204. The summed E-state index contributed by atoms with van der Waals surface area (Å²) in [4.78, 5) is 44.3. The fraction of sp³-hybridized carbons (Fsp3) is 0.545. The molecule has 42 heavy (non-hydrogen) atoms. The van der Waals surface area contributed by atoms with Crippen LogP contribution in [0.5, 0.6) is 0 Å². The summed E-state index contributed by atoms with van der Waals surface area (Å²) >= 11 is 6.00. The van der Waals surface area contributed by atoms with Gasteiger partial charge in [-0.2, -0.15) is 19.9 Å². The predicted octanol–water partition coefficient (Wildman–Crippen LogP) is 1.23. The maximum atomic E-state index is 12.1. The Morgan fingerprint density at radius 3 is 1.90 bits per heavy atom. The highest BCUT2D eigenvalue weighted by Gasteiger charge is 2.34. The topological polar surface area (TPSA) is 261 Å². The number of nitrogens with two attached hydrogens (primary N) is 3. The molecule has 0 aliphatic carbocycles. The molecule has 0 radical (unpaired) electrons. The molecule has 4 aromatic heterocycles. The molecule has 20 heteroatoms. The van der Waals surface area contributed by atoms with Gasteiger partial charge >= 0.3 is 0 Å². The van der Waals surface area contributed by atoms with Gasteiger partial charge in [-0.15, -0.1) is 0 Å². The summed E-state index contributed by atoms with van der Waals surface area (Å²) in [5.74, 6) is -0.971. The average Bonchev–Trinajstić information content (AvgIpc) is 3.67. The summed E-state index contributed by atoms with van der Waals surface area (Å²) in [6, 6.07) is 0. The Morgan fingerprint density at radius 2 is 1.38 bits per heavy atom. The van der Waals surface area contributed by atoms with Crippen LogP contribution in [0.1, 0.15) is 25.7 Å². The van der Waals surface area contributed by atoms with E-state index in [1.165, 1.54) is 6.33 Å². The second kappa shape index (κ2) is 11.6. The van der Waals surface area contributed by atoms with Gasteiger partial charge in [0, 0.05) is 0 Å². The van der Waals surface area contributed by atoms with E-state index < -0.39 is 20.6 Å². The van der Waals surface area contributed by atoms with E-state index in [1.54, 1.807) is 24.2 Å². The van der Waals surface area contributed by atoms with Gasteiger partial charge in [-0.05, 0) is 39.0 Å².